The Hall–Kier alpha value is -5.35. The van der Waals surface area contributed by atoms with Gasteiger partial charge in [-0.1, -0.05) is 59.9 Å². The normalized spacial score (nSPS) is 15.0. The van der Waals surface area contributed by atoms with Crippen LogP contribution in [0.4, 0.5) is 11.4 Å². The number of benzene rings is 4. The zero-order valence-corrected chi connectivity index (χ0v) is 25.0. The van der Waals surface area contributed by atoms with Gasteiger partial charge in [0.2, 0.25) is 0 Å². The van der Waals surface area contributed by atoms with Crippen molar-refractivity contribution in [1.29, 1.82) is 0 Å². The van der Waals surface area contributed by atoms with E-state index in [0.29, 0.717) is 43.3 Å². The van der Waals surface area contributed by atoms with Crippen molar-refractivity contribution >= 4 is 45.5 Å². The second-order valence-electron chi connectivity index (χ2n) is 9.98. The minimum Gasteiger partial charge on any atom is -0.507 e. The van der Waals surface area contributed by atoms with Crippen molar-refractivity contribution in [2.45, 2.75) is 19.9 Å². The molecule has 0 unspecified atom stereocenters. The summed E-state index contributed by atoms with van der Waals surface area (Å²) in [4.78, 5) is 32.7. The number of allylic oxidation sites excluding steroid dienone is 1. The molecule has 0 spiro atoms. The Bertz CT molecular complexity index is 2150. The fraction of sp³-hybridized carbons (Fsp3) is 0.147. The molecule has 0 amide bonds. The molecule has 220 valence electrons. The summed E-state index contributed by atoms with van der Waals surface area (Å²) >= 11 is 1.17. The van der Waals surface area contributed by atoms with E-state index in [1.54, 1.807) is 39.2 Å². The fourth-order valence-corrected chi connectivity index (χ4v) is 6.31. The number of esters is 1. The zero-order valence-electron chi connectivity index (χ0n) is 24.2. The number of fused-ring (bicyclic) bond motifs is 2. The van der Waals surface area contributed by atoms with Crippen LogP contribution < -0.4 is 19.6 Å². The van der Waals surface area contributed by atoms with Gasteiger partial charge in [0.1, 0.15) is 17.5 Å². The number of phenols is 1. The quantitative estimate of drug-likeness (QED) is 0.179. The van der Waals surface area contributed by atoms with Crippen LogP contribution in [0.2, 0.25) is 0 Å². The van der Waals surface area contributed by atoms with Crippen molar-refractivity contribution < 1.29 is 19.4 Å². The van der Waals surface area contributed by atoms with Gasteiger partial charge < -0.3 is 14.6 Å². The van der Waals surface area contributed by atoms with Gasteiger partial charge in [0.15, 0.2) is 4.80 Å². The highest BCUT2D eigenvalue weighted by Gasteiger charge is 2.36. The Morgan fingerprint density at radius 2 is 1.77 bits per heavy atom. The molecule has 5 aromatic rings. The Kier molecular flexibility index (Phi) is 7.91. The molecule has 0 radical (unpaired) electrons. The monoisotopic (exact) mass is 604 g/mol. The van der Waals surface area contributed by atoms with E-state index in [2.05, 4.69) is 15.2 Å². The van der Waals surface area contributed by atoms with Crippen LogP contribution in [0.5, 0.6) is 11.5 Å². The second kappa shape index (κ2) is 12.1. The number of hydrogen-bond donors (Lipinski definition) is 1. The molecule has 2 heterocycles. The van der Waals surface area contributed by atoms with E-state index in [9.17, 15) is 14.7 Å². The molecule has 10 heteroatoms. The first-order valence-corrected chi connectivity index (χ1v) is 14.8. The molecule has 1 aliphatic heterocycles. The van der Waals surface area contributed by atoms with Crippen LogP contribution in [0.25, 0.3) is 16.8 Å². The van der Waals surface area contributed by atoms with Crippen molar-refractivity contribution in [3.63, 3.8) is 0 Å². The first-order chi connectivity index (χ1) is 21.4. The highest BCUT2D eigenvalue weighted by molar-refractivity contribution is 7.07. The van der Waals surface area contributed by atoms with Gasteiger partial charge in [0, 0.05) is 17.2 Å². The van der Waals surface area contributed by atoms with Crippen molar-refractivity contribution in [3.05, 3.63) is 127 Å². The van der Waals surface area contributed by atoms with Crippen molar-refractivity contribution in [2.75, 3.05) is 13.7 Å². The molecule has 1 aliphatic rings. The van der Waals surface area contributed by atoms with E-state index in [0.717, 1.165) is 10.8 Å². The Morgan fingerprint density at radius 1 is 1.02 bits per heavy atom. The maximum Gasteiger partial charge on any atom is 0.338 e. The number of methoxy groups -OCH3 is 1. The maximum atomic E-state index is 14.2. The van der Waals surface area contributed by atoms with Gasteiger partial charge in [-0.2, -0.15) is 10.2 Å². The van der Waals surface area contributed by atoms with Gasteiger partial charge in [-0.15, -0.1) is 0 Å². The summed E-state index contributed by atoms with van der Waals surface area (Å²) in [6.07, 6.45) is 1.61. The predicted molar refractivity (Wildman–Crippen MR) is 170 cm³/mol. The molecule has 1 atom stereocenters. The van der Waals surface area contributed by atoms with Crippen LogP contribution in [0.3, 0.4) is 0 Å². The number of thiazole rings is 1. The van der Waals surface area contributed by atoms with Crippen molar-refractivity contribution in [3.8, 4) is 11.5 Å². The first-order valence-electron chi connectivity index (χ1n) is 13.9. The molecular formula is C34H28N4O5S. The molecular weight excluding hydrogens is 576 g/mol. The van der Waals surface area contributed by atoms with Crippen molar-refractivity contribution in [2.24, 2.45) is 15.2 Å². The Labute approximate surface area is 256 Å². The number of carbonyl (C=O) groups excluding carboxylic acids is 1. The van der Waals surface area contributed by atoms with Crippen LogP contribution in [-0.2, 0) is 9.53 Å². The van der Waals surface area contributed by atoms with E-state index in [1.807, 2.05) is 66.7 Å². The Balaban J connectivity index is 1.51. The first kappa shape index (κ1) is 28.8. The molecule has 4 aromatic carbocycles. The molecule has 1 aromatic heterocycles. The smallest absolute Gasteiger partial charge is 0.338 e. The average Bonchev–Trinajstić information content (AvgIpc) is 3.34. The molecule has 1 N–H and O–H groups in total. The predicted octanol–water partition coefficient (Wildman–Crippen LogP) is 6.08. The maximum absolute atomic E-state index is 14.2. The van der Waals surface area contributed by atoms with E-state index in [4.69, 9.17) is 9.47 Å². The topological polar surface area (TPSA) is 115 Å². The minimum absolute atomic E-state index is 0.0592. The average molecular weight is 605 g/mol. The molecule has 44 heavy (non-hydrogen) atoms. The van der Waals surface area contributed by atoms with Gasteiger partial charge in [-0.05, 0) is 61.0 Å². The van der Waals surface area contributed by atoms with Crippen LogP contribution in [0, 0.1) is 0 Å². The lowest BCUT2D eigenvalue weighted by atomic mass is 9.90. The number of aromatic hydroxyl groups is 1. The van der Waals surface area contributed by atoms with E-state index in [1.165, 1.54) is 22.0 Å². The lowest BCUT2D eigenvalue weighted by Gasteiger charge is -2.27. The van der Waals surface area contributed by atoms with Crippen LogP contribution >= 0.6 is 11.3 Å². The summed E-state index contributed by atoms with van der Waals surface area (Å²) in [5, 5.41) is 21.0. The second-order valence-corrected chi connectivity index (χ2v) is 11.0. The van der Waals surface area contributed by atoms with Crippen LogP contribution in [0.15, 0.2) is 116 Å². The molecule has 0 aliphatic carbocycles. The zero-order chi connectivity index (χ0) is 30.8. The van der Waals surface area contributed by atoms with Gasteiger partial charge in [-0.3, -0.25) is 9.36 Å². The summed E-state index contributed by atoms with van der Waals surface area (Å²) in [5.41, 5.74) is 2.58. The summed E-state index contributed by atoms with van der Waals surface area (Å²) in [5.74, 6) is -0.0883. The molecule has 0 saturated heterocycles. The van der Waals surface area contributed by atoms with Gasteiger partial charge >= 0.3 is 5.97 Å². The number of carbonyl (C=O) groups is 1. The number of hydrogen-bond acceptors (Lipinski definition) is 9. The summed E-state index contributed by atoms with van der Waals surface area (Å²) in [7, 11) is 1.56. The van der Waals surface area contributed by atoms with Crippen LogP contribution in [-0.4, -0.2) is 29.4 Å². The third-order valence-electron chi connectivity index (χ3n) is 7.28. The Morgan fingerprint density at radius 3 is 2.52 bits per heavy atom. The lowest BCUT2D eigenvalue weighted by molar-refractivity contribution is -0.139. The summed E-state index contributed by atoms with van der Waals surface area (Å²) < 4.78 is 13.1. The fourth-order valence-electron chi connectivity index (χ4n) is 5.27. The molecule has 0 saturated carbocycles. The van der Waals surface area contributed by atoms with E-state index in [-0.39, 0.29) is 23.5 Å². The summed E-state index contributed by atoms with van der Waals surface area (Å²) in [6, 6.07) is 24.8. The van der Waals surface area contributed by atoms with Crippen LogP contribution in [0.1, 0.15) is 31.0 Å². The van der Waals surface area contributed by atoms with Gasteiger partial charge in [-0.25, -0.2) is 9.79 Å². The van der Waals surface area contributed by atoms with Crippen molar-refractivity contribution in [1.82, 2.24) is 4.57 Å². The number of nitrogens with zero attached hydrogens (tertiary/aromatic N) is 4. The molecule has 9 nitrogen and oxygen atoms in total. The molecule has 0 bridgehead atoms. The third kappa shape index (κ3) is 5.31. The lowest BCUT2D eigenvalue weighted by Crippen LogP contribution is -2.40. The number of azo groups is 1. The van der Waals surface area contributed by atoms with Gasteiger partial charge in [0.25, 0.3) is 5.56 Å². The largest absolute Gasteiger partial charge is 0.507 e. The number of phenolic OH excluding ortho intramolecular Hbond substituents is 1. The van der Waals surface area contributed by atoms with Gasteiger partial charge in [0.05, 0.1) is 40.9 Å². The third-order valence-corrected chi connectivity index (χ3v) is 8.26. The minimum atomic E-state index is -0.858. The van der Waals surface area contributed by atoms with E-state index < -0.39 is 12.0 Å². The number of ether oxygens (including phenoxy) is 2. The highest BCUT2D eigenvalue weighted by atomic mass is 32.1. The molecule has 6 rings (SSSR count). The van der Waals surface area contributed by atoms with E-state index >= 15 is 0 Å². The number of aromatic nitrogens is 1. The number of rotatable bonds is 7. The molecule has 0 fully saturated rings. The summed E-state index contributed by atoms with van der Waals surface area (Å²) in [6.45, 7) is 3.64. The SMILES string of the molecule is CCOC(=O)C1=C(C)N=c2s/c(=C\c3ccc(N=Nc4ccccc4)cc3O)c(=O)n2[C@H]1c1c(OC)ccc2ccccc12. The highest BCUT2D eigenvalue weighted by Crippen LogP contribution is 2.40. The standard InChI is InChI=1S/C34H28N4O5S/c1-4-43-33(41)29-20(2)35-34-38(31(29)30-25-13-9-8-10-21(25)15-17-27(30)42-3)32(40)28(44-34)18-22-14-16-24(19-26(22)39)37-36-23-11-6-5-7-12-23/h5-19,31,39H,4H2,1-3H3/b28-18-,37-36?/t31-/m1/s1.